The molecule has 3 aromatic carbocycles. The summed E-state index contributed by atoms with van der Waals surface area (Å²) >= 11 is 0. The van der Waals surface area contributed by atoms with Crippen LogP contribution in [0.25, 0.3) is 21.9 Å². The number of aliphatic hydroxyl groups excluding tert-OH is 1. The summed E-state index contributed by atoms with van der Waals surface area (Å²) < 4.78 is 25.0. The van der Waals surface area contributed by atoms with Gasteiger partial charge in [-0.15, -0.1) is 0 Å². The van der Waals surface area contributed by atoms with Crippen molar-refractivity contribution in [3.8, 4) is 16.9 Å². The van der Waals surface area contributed by atoms with Crippen LogP contribution < -0.4 is 15.6 Å². The summed E-state index contributed by atoms with van der Waals surface area (Å²) in [6, 6.07) is 13.5. The van der Waals surface area contributed by atoms with Crippen molar-refractivity contribution in [2.75, 3.05) is 14.2 Å². The van der Waals surface area contributed by atoms with E-state index in [1.807, 2.05) is 12.1 Å². The van der Waals surface area contributed by atoms with E-state index in [4.69, 9.17) is 4.74 Å². The van der Waals surface area contributed by atoms with Crippen molar-refractivity contribution in [3.63, 3.8) is 0 Å². The minimum atomic E-state index is -0.599. The van der Waals surface area contributed by atoms with Gasteiger partial charge in [-0.25, -0.2) is 19.3 Å². The molecule has 0 unspecified atom stereocenters. The summed E-state index contributed by atoms with van der Waals surface area (Å²) in [5, 5.41) is 19.8. The molecule has 1 aromatic heterocycles. The largest absolute Gasteiger partial charge is 0.496 e. The Hall–Kier alpha value is -4.57. The average molecular weight is 503 g/mol. The third-order valence-electron chi connectivity index (χ3n) is 6.23. The minimum absolute atomic E-state index is 0.240. The number of amidine groups is 1. The van der Waals surface area contributed by atoms with Crippen LogP contribution in [-0.4, -0.2) is 41.5 Å². The quantitative estimate of drug-likeness (QED) is 0.382. The molecule has 0 aliphatic carbocycles. The Morgan fingerprint density at radius 1 is 1.14 bits per heavy atom. The maximum atomic E-state index is 14.9. The summed E-state index contributed by atoms with van der Waals surface area (Å²) in [4.78, 5) is 28.4. The number of methoxy groups -OCH3 is 2. The second kappa shape index (κ2) is 9.82. The standard InChI is InChI=1S/C27H23FN4O5/c1-36-23-10-15(13-33)8-19-25(23)22(31-32-26(19)34)9-14-3-6-20(28)18(7-14)16-4-5-17-12-24(29-21(17)11-16)30-27(35)37-2/h3-8,10-11,33H,9,12-13H2,1-2H3,(H,32,34)(H,29,30,35). The second-order valence-corrected chi connectivity index (χ2v) is 8.56. The molecule has 10 heteroatoms. The van der Waals surface area contributed by atoms with Gasteiger partial charge in [0.15, 0.2) is 0 Å². The molecule has 0 atom stereocenters. The van der Waals surface area contributed by atoms with Crippen LogP contribution in [0.4, 0.5) is 14.9 Å². The molecule has 0 fully saturated rings. The number of carbonyl (C=O) groups excluding carboxylic acids is 1. The van der Waals surface area contributed by atoms with Gasteiger partial charge in [0.25, 0.3) is 5.56 Å². The summed E-state index contributed by atoms with van der Waals surface area (Å²) in [6.45, 7) is -0.240. The number of aromatic nitrogens is 2. The van der Waals surface area contributed by atoms with Crippen LogP contribution in [0.3, 0.4) is 0 Å². The van der Waals surface area contributed by atoms with E-state index in [1.165, 1.54) is 20.3 Å². The van der Waals surface area contributed by atoms with Crippen LogP contribution in [0.15, 0.2) is 58.3 Å². The number of benzene rings is 3. The lowest BCUT2D eigenvalue weighted by atomic mass is 9.97. The minimum Gasteiger partial charge on any atom is -0.496 e. The van der Waals surface area contributed by atoms with Crippen LogP contribution in [-0.2, 0) is 24.2 Å². The molecule has 0 saturated heterocycles. The fourth-order valence-corrected chi connectivity index (χ4v) is 4.45. The summed E-state index contributed by atoms with van der Waals surface area (Å²) in [5.74, 6) is 0.482. The van der Waals surface area contributed by atoms with Crippen LogP contribution in [0.1, 0.15) is 22.4 Å². The number of alkyl carbamates (subject to hydrolysis) is 1. The molecule has 5 rings (SSSR count). The number of aliphatic imine (C=N–C) groups is 1. The van der Waals surface area contributed by atoms with E-state index in [1.54, 1.807) is 30.3 Å². The number of amides is 1. The Labute approximate surface area is 210 Å². The Kier molecular flexibility index (Phi) is 6.41. The van der Waals surface area contributed by atoms with Crippen LogP contribution in [0, 0.1) is 5.82 Å². The van der Waals surface area contributed by atoms with E-state index < -0.39 is 17.5 Å². The highest BCUT2D eigenvalue weighted by atomic mass is 19.1. The predicted molar refractivity (Wildman–Crippen MR) is 136 cm³/mol. The van der Waals surface area contributed by atoms with Gasteiger partial charge in [-0.3, -0.25) is 10.1 Å². The predicted octanol–water partition coefficient (Wildman–Crippen LogP) is 3.76. The molecule has 1 aliphatic rings. The van der Waals surface area contributed by atoms with Crippen molar-refractivity contribution in [1.29, 1.82) is 0 Å². The normalized spacial score (nSPS) is 12.3. The Morgan fingerprint density at radius 3 is 2.73 bits per heavy atom. The fraction of sp³-hybridized carbons (Fsp3) is 0.185. The lowest BCUT2D eigenvalue weighted by Gasteiger charge is -2.12. The van der Waals surface area contributed by atoms with Gasteiger partial charge >= 0.3 is 6.09 Å². The maximum Gasteiger partial charge on any atom is 0.412 e. The van der Waals surface area contributed by atoms with E-state index in [0.29, 0.717) is 63.3 Å². The summed E-state index contributed by atoms with van der Waals surface area (Å²) in [5.41, 5.74) is 4.02. The number of hydrogen-bond donors (Lipinski definition) is 3. The van der Waals surface area contributed by atoms with Crippen LogP contribution in [0.2, 0.25) is 0 Å². The second-order valence-electron chi connectivity index (χ2n) is 8.56. The third kappa shape index (κ3) is 4.66. The van der Waals surface area contributed by atoms with E-state index in [9.17, 15) is 19.1 Å². The molecule has 37 heavy (non-hydrogen) atoms. The summed E-state index contributed by atoms with van der Waals surface area (Å²) in [6.07, 6.45) is 0.141. The zero-order valence-electron chi connectivity index (χ0n) is 20.1. The number of rotatable bonds is 5. The molecule has 0 radical (unpaired) electrons. The topological polar surface area (TPSA) is 126 Å². The van der Waals surface area contributed by atoms with Gasteiger partial charge < -0.3 is 14.6 Å². The van der Waals surface area contributed by atoms with Gasteiger partial charge in [-0.1, -0.05) is 18.2 Å². The fourth-order valence-electron chi connectivity index (χ4n) is 4.45. The molecule has 4 aromatic rings. The highest BCUT2D eigenvalue weighted by Gasteiger charge is 2.19. The van der Waals surface area contributed by atoms with Crippen molar-refractivity contribution in [1.82, 2.24) is 15.5 Å². The molecule has 188 valence electrons. The molecule has 1 aliphatic heterocycles. The zero-order valence-corrected chi connectivity index (χ0v) is 20.1. The average Bonchev–Trinajstić information content (AvgIpc) is 3.31. The van der Waals surface area contributed by atoms with Crippen molar-refractivity contribution in [2.24, 2.45) is 4.99 Å². The van der Waals surface area contributed by atoms with E-state index >= 15 is 0 Å². The highest BCUT2D eigenvalue weighted by molar-refractivity contribution is 6.01. The summed E-state index contributed by atoms with van der Waals surface area (Å²) in [7, 11) is 2.76. The molecule has 3 N–H and O–H groups in total. The number of H-pyrrole nitrogens is 1. The Morgan fingerprint density at radius 2 is 1.97 bits per heavy atom. The van der Waals surface area contributed by atoms with Gasteiger partial charge in [-0.2, -0.15) is 5.10 Å². The van der Waals surface area contributed by atoms with Gasteiger partial charge in [0, 0.05) is 18.4 Å². The van der Waals surface area contributed by atoms with Crippen molar-refractivity contribution >= 4 is 28.4 Å². The smallest absolute Gasteiger partial charge is 0.412 e. The third-order valence-corrected chi connectivity index (χ3v) is 6.23. The van der Waals surface area contributed by atoms with Gasteiger partial charge in [0.1, 0.15) is 17.4 Å². The number of nitrogens with one attached hydrogen (secondary N) is 2. The van der Waals surface area contributed by atoms with Crippen LogP contribution >= 0.6 is 0 Å². The first-order valence-electron chi connectivity index (χ1n) is 11.4. The van der Waals surface area contributed by atoms with Gasteiger partial charge in [-0.05, 0) is 52.6 Å². The first-order chi connectivity index (χ1) is 17.9. The number of nitrogens with zero attached hydrogens (tertiary/aromatic N) is 2. The first kappa shape index (κ1) is 24.1. The maximum absolute atomic E-state index is 14.9. The number of halogens is 1. The molecule has 0 spiro atoms. The Balaban J connectivity index is 1.51. The molecular formula is C27H23FN4O5. The number of hydrogen-bond acceptors (Lipinski definition) is 7. The molecule has 2 heterocycles. The number of aliphatic hydroxyl groups is 1. The molecule has 0 bridgehead atoms. The molecular weight excluding hydrogens is 479 g/mol. The lowest BCUT2D eigenvalue weighted by molar-refractivity contribution is 0.176. The SMILES string of the molecule is COC(=O)NC1=Nc2cc(-c3cc(Cc4n[nH]c(=O)c5cc(CO)cc(OC)c45)ccc3F)ccc2C1. The lowest BCUT2D eigenvalue weighted by Crippen LogP contribution is -2.30. The number of carbonyl (C=O) groups is 1. The monoisotopic (exact) mass is 502 g/mol. The highest BCUT2D eigenvalue weighted by Crippen LogP contribution is 2.34. The van der Waals surface area contributed by atoms with Crippen molar-refractivity contribution < 1.29 is 23.8 Å². The Bertz CT molecular complexity index is 1630. The molecule has 9 nitrogen and oxygen atoms in total. The van der Waals surface area contributed by atoms with Crippen molar-refractivity contribution in [2.45, 2.75) is 19.4 Å². The van der Waals surface area contributed by atoms with E-state index in [0.717, 1.165) is 11.1 Å². The molecule has 0 saturated carbocycles. The number of fused-ring (bicyclic) bond motifs is 2. The number of ether oxygens (including phenoxy) is 2. The van der Waals surface area contributed by atoms with E-state index in [2.05, 4.69) is 25.2 Å². The van der Waals surface area contributed by atoms with E-state index in [-0.39, 0.29) is 6.61 Å². The first-order valence-corrected chi connectivity index (χ1v) is 11.4. The van der Waals surface area contributed by atoms with Crippen molar-refractivity contribution in [3.05, 3.63) is 87.1 Å². The molecule has 1 amide bonds. The van der Waals surface area contributed by atoms with Gasteiger partial charge in [0.2, 0.25) is 0 Å². The zero-order chi connectivity index (χ0) is 26.1. The van der Waals surface area contributed by atoms with Crippen LogP contribution in [0.5, 0.6) is 5.75 Å². The van der Waals surface area contributed by atoms with Gasteiger partial charge in [0.05, 0.1) is 43.0 Å². The number of aromatic amines is 1.